The molecule has 2 aromatic rings. The van der Waals surface area contributed by atoms with Crippen molar-refractivity contribution in [1.82, 2.24) is 5.32 Å². The number of para-hydroxylation sites is 1. The molecule has 0 heterocycles. The van der Waals surface area contributed by atoms with Gasteiger partial charge in [-0.25, -0.2) is 9.59 Å². The second-order valence-electron chi connectivity index (χ2n) is 4.44. The van der Waals surface area contributed by atoms with Crippen molar-refractivity contribution in [2.75, 3.05) is 12.4 Å². The zero-order valence-corrected chi connectivity index (χ0v) is 14.1. The molecule has 0 aliphatic carbocycles. The van der Waals surface area contributed by atoms with Crippen LogP contribution in [-0.4, -0.2) is 19.1 Å². The SMILES string of the molecule is COC(=O)c1ccccc1NC(=O)NCc1ccccc1I. The van der Waals surface area contributed by atoms with Gasteiger partial charge in [0.2, 0.25) is 0 Å². The molecule has 2 rings (SSSR count). The number of halogens is 1. The summed E-state index contributed by atoms with van der Waals surface area (Å²) in [6.07, 6.45) is 0. The standard InChI is InChI=1S/C16H15IN2O3/c1-22-15(20)12-7-3-5-9-14(12)19-16(21)18-10-11-6-2-4-8-13(11)17/h2-9H,10H2,1H3,(H2,18,19,21). The summed E-state index contributed by atoms with van der Waals surface area (Å²) < 4.78 is 5.77. The van der Waals surface area contributed by atoms with Crippen molar-refractivity contribution < 1.29 is 14.3 Å². The molecule has 0 aliphatic heterocycles. The molecule has 0 radical (unpaired) electrons. The Morgan fingerprint density at radius 2 is 1.77 bits per heavy atom. The molecular weight excluding hydrogens is 395 g/mol. The fourth-order valence-electron chi connectivity index (χ4n) is 1.86. The van der Waals surface area contributed by atoms with E-state index in [0.717, 1.165) is 9.13 Å². The average Bonchev–Trinajstić information content (AvgIpc) is 2.54. The number of nitrogens with one attached hydrogen (secondary N) is 2. The molecule has 0 spiro atoms. The fourth-order valence-corrected chi connectivity index (χ4v) is 2.44. The summed E-state index contributed by atoms with van der Waals surface area (Å²) in [5.74, 6) is -0.492. The van der Waals surface area contributed by atoms with E-state index < -0.39 is 5.97 Å². The van der Waals surface area contributed by atoms with E-state index in [1.807, 2.05) is 24.3 Å². The largest absolute Gasteiger partial charge is 0.465 e. The van der Waals surface area contributed by atoms with Crippen LogP contribution < -0.4 is 10.6 Å². The first kappa shape index (κ1) is 16.3. The van der Waals surface area contributed by atoms with Gasteiger partial charge in [-0.3, -0.25) is 0 Å². The smallest absolute Gasteiger partial charge is 0.339 e. The quantitative estimate of drug-likeness (QED) is 0.600. The van der Waals surface area contributed by atoms with Crippen LogP contribution in [0.1, 0.15) is 15.9 Å². The number of hydrogen-bond acceptors (Lipinski definition) is 3. The Hall–Kier alpha value is -2.09. The number of benzene rings is 2. The van der Waals surface area contributed by atoms with Crippen molar-refractivity contribution in [3.8, 4) is 0 Å². The van der Waals surface area contributed by atoms with Gasteiger partial charge in [0.05, 0.1) is 18.4 Å². The summed E-state index contributed by atoms with van der Waals surface area (Å²) in [5.41, 5.74) is 1.75. The summed E-state index contributed by atoms with van der Waals surface area (Å²) in [4.78, 5) is 23.6. The van der Waals surface area contributed by atoms with Crippen LogP contribution in [0.25, 0.3) is 0 Å². The Morgan fingerprint density at radius 3 is 2.50 bits per heavy atom. The first-order chi connectivity index (χ1) is 10.6. The Bertz CT molecular complexity index is 689. The third-order valence-corrected chi connectivity index (χ3v) is 4.03. The van der Waals surface area contributed by atoms with Gasteiger partial charge in [0.1, 0.15) is 0 Å². The lowest BCUT2D eigenvalue weighted by Crippen LogP contribution is -2.29. The van der Waals surface area contributed by atoms with E-state index in [0.29, 0.717) is 17.8 Å². The van der Waals surface area contributed by atoms with Crippen molar-refractivity contribution in [1.29, 1.82) is 0 Å². The normalized spacial score (nSPS) is 9.91. The first-order valence-electron chi connectivity index (χ1n) is 6.57. The van der Waals surface area contributed by atoms with Gasteiger partial charge in [-0.2, -0.15) is 0 Å². The second-order valence-corrected chi connectivity index (χ2v) is 5.60. The molecule has 0 saturated carbocycles. The predicted octanol–water partition coefficient (Wildman–Crippen LogP) is 3.40. The fraction of sp³-hybridized carbons (Fsp3) is 0.125. The number of urea groups is 1. The van der Waals surface area contributed by atoms with E-state index in [4.69, 9.17) is 4.74 Å². The molecule has 22 heavy (non-hydrogen) atoms. The molecule has 0 atom stereocenters. The molecule has 0 bridgehead atoms. The molecule has 2 aromatic carbocycles. The minimum absolute atomic E-state index is 0.314. The van der Waals surface area contributed by atoms with Crippen molar-refractivity contribution in [3.05, 3.63) is 63.2 Å². The Kier molecular flexibility index (Phi) is 5.76. The lowest BCUT2D eigenvalue weighted by Gasteiger charge is -2.11. The maximum atomic E-state index is 12.0. The van der Waals surface area contributed by atoms with Crippen molar-refractivity contribution >= 4 is 40.3 Å². The van der Waals surface area contributed by atoms with E-state index in [1.165, 1.54) is 7.11 Å². The average molecular weight is 410 g/mol. The maximum absolute atomic E-state index is 12.0. The number of carbonyl (C=O) groups excluding carboxylic acids is 2. The summed E-state index contributed by atoms with van der Waals surface area (Å²) in [6, 6.07) is 14.1. The molecule has 2 N–H and O–H groups in total. The molecule has 2 amide bonds. The van der Waals surface area contributed by atoms with Gasteiger partial charge >= 0.3 is 12.0 Å². The van der Waals surface area contributed by atoms with Gasteiger partial charge in [-0.05, 0) is 46.4 Å². The van der Waals surface area contributed by atoms with Crippen LogP contribution in [0.3, 0.4) is 0 Å². The van der Waals surface area contributed by atoms with Crippen molar-refractivity contribution in [3.63, 3.8) is 0 Å². The molecule has 0 aliphatic rings. The molecule has 6 heteroatoms. The van der Waals surface area contributed by atoms with E-state index in [-0.39, 0.29) is 6.03 Å². The number of amides is 2. The molecule has 0 aromatic heterocycles. The predicted molar refractivity (Wildman–Crippen MR) is 92.8 cm³/mol. The van der Waals surface area contributed by atoms with E-state index >= 15 is 0 Å². The Morgan fingerprint density at radius 1 is 1.09 bits per heavy atom. The van der Waals surface area contributed by atoms with Crippen LogP contribution in [0.15, 0.2) is 48.5 Å². The van der Waals surface area contributed by atoms with Gasteiger partial charge in [-0.1, -0.05) is 30.3 Å². The molecule has 0 saturated heterocycles. The number of hydrogen-bond donors (Lipinski definition) is 2. The summed E-state index contributed by atoms with van der Waals surface area (Å²) in [5, 5.41) is 5.43. The monoisotopic (exact) mass is 410 g/mol. The number of rotatable bonds is 4. The molecule has 114 valence electrons. The number of esters is 1. The van der Waals surface area contributed by atoms with E-state index in [1.54, 1.807) is 24.3 Å². The highest BCUT2D eigenvalue weighted by Crippen LogP contribution is 2.16. The summed E-state index contributed by atoms with van der Waals surface area (Å²) in [7, 11) is 1.30. The molecule has 5 nitrogen and oxygen atoms in total. The first-order valence-corrected chi connectivity index (χ1v) is 7.65. The molecule has 0 fully saturated rings. The highest BCUT2D eigenvalue weighted by Gasteiger charge is 2.13. The van der Waals surface area contributed by atoms with Crippen molar-refractivity contribution in [2.24, 2.45) is 0 Å². The van der Waals surface area contributed by atoms with Crippen LogP contribution in [-0.2, 0) is 11.3 Å². The van der Waals surface area contributed by atoms with Crippen LogP contribution >= 0.6 is 22.6 Å². The lowest BCUT2D eigenvalue weighted by atomic mass is 10.2. The number of carbonyl (C=O) groups is 2. The summed E-state index contributed by atoms with van der Waals surface area (Å²) in [6.45, 7) is 0.408. The third kappa shape index (κ3) is 4.20. The van der Waals surface area contributed by atoms with E-state index in [9.17, 15) is 9.59 Å². The molecular formula is C16H15IN2O3. The highest BCUT2D eigenvalue weighted by atomic mass is 127. The van der Waals surface area contributed by atoms with Gasteiger partial charge in [0.15, 0.2) is 0 Å². The van der Waals surface area contributed by atoms with Crippen LogP contribution in [0, 0.1) is 3.57 Å². The second kappa shape index (κ2) is 7.79. The zero-order chi connectivity index (χ0) is 15.9. The molecule has 0 unspecified atom stereocenters. The van der Waals surface area contributed by atoms with Crippen LogP contribution in [0.2, 0.25) is 0 Å². The Balaban J connectivity index is 2.01. The van der Waals surface area contributed by atoms with E-state index in [2.05, 4.69) is 33.2 Å². The van der Waals surface area contributed by atoms with Gasteiger partial charge in [0, 0.05) is 10.1 Å². The van der Waals surface area contributed by atoms with Crippen LogP contribution in [0.5, 0.6) is 0 Å². The zero-order valence-electron chi connectivity index (χ0n) is 11.9. The highest BCUT2D eigenvalue weighted by molar-refractivity contribution is 14.1. The summed E-state index contributed by atoms with van der Waals surface area (Å²) >= 11 is 2.22. The van der Waals surface area contributed by atoms with Crippen LogP contribution in [0.4, 0.5) is 10.5 Å². The third-order valence-electron chi connectivity index (χ3n) is 2.98. The lowest BCUT2D eigenvalue weighted by molar-refractivity contribution is 0.0602. The minimum atomic E-state index is -0.492. The number of ether oxygens (including phenoxy) is 1. The van der Waals surface area contributed by atoms with Gasteiger partial charge in [-0.15, -0.1) is 0 Å². The minimum Gasteiger partial charge on any atom is -0.465 e. The number of anilines is 1. The van der Waals surface area contributed by atoms with Crippen molar-refractivity contribution in [2.45, 2.75) is 6.54 Å². The maximum Gasteiger partial charge on any atom is 0.339 e. The van der Waals surface area contributed by atoms with Gasteiger partial charge < -0.3 is 15.4 Å². The topological polar surface area (TPSA) is 67.4 Å². The van der Waals surface area contributed by atoms with Gasteiger partial charge in [0.25, 0.3) is 0 Å². The Labute approximate surface area is 142 Å². The number of methoxy groups -OCH3 is 1.